The fourth-order valence-electron chi connectivity index (χ4n) is 1.51. The maximum absolute atomic E-state index is 11.8. The second-order valence-corrected chi connectivity index (χ2v) is 4.87. The first-order valence-electron chi connectivity index (χ1n) is 6.10. The Balaban J connectivity index is 2.48. The van der Waals surface area contributed by atoms with Gasteiger partial charge in [0.15, 0.2) is 0 Å². The molecule has 0 heterocycles. The summed E-state index contributed by atoms with van der Waals surface area (Å²) in [5.74, 6) is 0.519. The topological polar surface area (TPSA) is 41.1 Å². The molecule has 0 spiro atoms. The van der Waals surface area contributed by atoms with Crippen LogP contribution in [0.1, 0.15) is 26.3 Å². The largest absolute Gasteiger partial charge is 0.374 e. The maximum Gasteiger partial charge on any atom is 0.242 e. The van der Waals surface area contributed by atoms with Crippen LogP contribution in [0, 0.1) is 12.8 Å². The van der Waals surface area contributed by atoms with E-state index in [0.717, 1.165) is 12.2 Å². The van der Waals surface area contributed by atoms with Crippen molar-refractivity contribution in [3.05, 3.63) is 29.8 Å². The normalized spacial score (nSPS) is 12.3. The van der Waals surface area contributed by atoms with Gasteiger partial charge in [0.1, 0.15) is 6.04 Å². The first kappa shape index (κ1) is 13.6. The molecule has 94 valence electrons. The molecule has 0 aliphatic rings. The first-order chi connectivity index (χ1) is 7.99. The third-order valence-corrected chi connectivity index (χ3v) is 2.48. The molecule has 1 unspecified atom stereocenters. The fraction of sp³-hybridized carbons (Fsp3) is 0.500. The molecular weight excluding hydrogens is 212 g/mol. The van der Waals surface area contributed by atoms with Crippen LogP contribution >= 0.6 is 0 Å². The van der Waals surface area contributed by atoms with E-state index in [2.05, 4.69) is 24.5 Å². The number of rotatable bonds is 5. The second kappa shape index (κ2) is 6.28. The minimum absolute atomic E-state index is 0.0419. The summed E-state index contributed by atoms with van der Waals surface area (Å²) in [6, 6.07) is 7.81. The van der Waals surface area contributed by atoms with E-state index >= 15 is 0 Å². The predicted octanol–water partition coefficient (Wildman–Crippen LogP) is 2.57. The number of aryl methyl sites for hydroxylation is 1. The smallest absolute Gasteiger partial charge is 0.242 e. The van der Waals surface area contributed by atoms with Crippen molar-refractivity contribution < 1.29 is 4.79 Å². The number of anilines is 1. The molecule has 2 N–H and O–H groups in total. The number of amides is 1. The standard InChI is InChI=1S/C14H22N2O/c1-10(2)9-15-14(17)12(4)16-13-7-5-6-11(3)8-13/h5-8,10,12,16H,9H2,1-4H3,(H,15,17). The molecule has 0 fully saturated rings. The van der Waals surface area contributed by atoms with Gasteiger partial charge in [0, 0.05) is 12.2 Å². The Morgan fingerprint density at radius 1 is 1.29 bits per heavy atom. The molecule has 0 saturated heterocycles. The van der Waals surface area contributed by atoms with Gasteiger partial charge < -0.3 is 10.6 Å². The van der Waals surface area contributed by atoms with Crippen LogP contribution in [0.4, 0.5) is 5.69 Å². The van der Waals surface area contributed by atoms with Crippen molar-refractivity contribution in [3.63, 3.8) is 0 Å². The monoisotopic (exact) mass is 234 g/mol. The average Bonchev–Trinajstić information content (AvgIpc) is 2.25. The van der Waals surface area contributed by atoms with Crippen molar-refractivity contribution >= 4 is 11.6 Å². The number of carbonyl (C=O) groups is 1. The third kappa shape index (κ3) is 4.89. The molecule has 17 heavy (non-hydrogen) atoms. The SMILES string of the molecule is Cc1cccc(NC(C)C(=O)NCC(C)C)c1. The quantitative estimate of drug-likeness (QED) is 0.822. The highest BCUT2D eigenvalue weighted by atomic mass is 16.2. The minimum atomic E-state index is -0.212. The molecule has 0 aliphatic carbocycles. The Kier molecular flexibility index (Phi) is 5.01. The molecule has 0 aromatic heterocycles. The summed E-state index contributed by atoms with van der Waals surface area (Å²) < 4.78 is 0. The second-order valence-electron chi connectivity index (χ2n) is 4.87. The Bertz CT molecular complexity index is 374. The van der Waals surface area contributed by atoms with Gasteiger partial charge in [0.05, 0.1) is 0 Å². The number of benzene rings is 1. The highest BCUT2D eigenvalue weighted by molar-refractivity contribution is 5.84. The summed E-state index contributed by atoms with van der Waals surface area (Å²) in [5, 5.41) is 6.11. The molecule has 1 aromatic carbocycles. The lowest BCUT2D eigenvalue weighted by Gasteiger charge is -2.16. The molecular formula is C14H22N2O. The fourth-order valence-corrected chi connectivity index (χ4v) is 1.51. The van der Waals surface area contributed by atoms with Gasteiger partial charge in [-0.2, -0.15) is 0 Å². The number of carbonyl (C=O) groups excluding carboxylic acids is 1. The van der Waals surface area contributed by atoms with Gasteiger partial charge in [-0.25, -0.2) is 0 Å². The van der Waals surface area contributed by atoms with E-state index in [4.69, 9.17) is 0 Å². The van der Waals surface area contributed by atoms with Gasteiger partial charge in [-0.3, -0.25) is 4.79 Å². The van der Waals surface area contributed by atoms with Crippen molar-refractivity contribution in [3.8, 4) is 0 Å². The van der Waals surface area contributed by atoms with Gasteiger partial charge in [-0.1, -0.05) is 26.0 Å². The lowest BCUT2D eigenvalue weighted by molar-refractivity contribution is -0.121. The van der Waals surface area contributed by atoms with E-state index in [-0.39, 0.29) is 11.9 Å². The van der Waals surface area contributed by atoms with E-state index in [1.165, 1.54) is 5.56 Å². The van der Waals surface area contributed by atoms with Crippen LogP contribution in [0.2, 0.25) is 0 Å². The Hall–Kier alpha value is -1.51. The molecule has 3 nitrogen and oxygen atoms in total. The summed E-state index contributed by atoms with van der Waals surface area (Å²) in [4.78, 5) is 11.8. The Morgan fingerprint density at radius 2 is 2.00 bits per heavy atom. The molecule has 1 aromatic rings. The Morgan fingerprint density at radius 3 is 2.59 bits per heavy atom. The number of hydrogen-bond acceptors (Lipinski definition) is 2. The van der Waals surface area contributed by atoms with E-state index in [0.29, 0.717) is 5.92 Å². The van der Waals surface area contributed by atoms with Crippen LogP contribution in [0.5, 0.6) is 0 Å². The highest BCUT2D eigenvalue weighted by Crippen LogP contribution is 2.10. The summed E-state index contributed by atoms with van der Waals surface area (Å²) in [6.45, 7) is 8.79. The van der Waals surface area contributed by atoms with Gasteiger partial charge in [0.2, 0.25) is 5.91 Å². The molecule has 0 bridgehead atoms. The zero-order chi connectivity index (χ0) is 12.8. The molecule has 0 aliphatic heterocycles. The van der Waals surface area contributed by atoms with Gasteiger partial charge in [0.25, 0.3) is 0 Å². The average molecular weight is 234 g/mol. The lowest BCUT2D eigenvalue weighted by atomic mass is 10.2. The van der Waals surface area contributed by atoms with Crippen LogP contribution in [-0.4, -0.2) is 18.5 Å². The van der Waals surface area contributed by atoms with Crippen LogP contribution in [0.3, 0.4) is 0 Å². The van der Waals surface area contributed by atoms with Crippen LogP contribution in [0.15, 0.2) is 24.3 Å². The summed E-state index contributed by atoms with van der Waals surface area (Å²) in [6.07, 6.45) is 0. The molecule has 0 saturated carbocycles. The minimum Gasteiger partial charge on any atom is -0.374 e. The number of hydrogen-bond donors (Lipinski definition) is 2. The predicted molar refractivity (Wildman–Crippen MR) is 72.1 cm³/mol. The van der Waals surface area contributed by atoms with Crippen molar-refractivity contribution in [2.24, 2.45) is 5.92 Å². The van der Waals surface area contributed by atoms with Crippen LogP contribution < -0.4 is 10.6 Å². The van der Waals surface area contributed by atoms with E-state index in [1.54, 1.807) is 0 Å². The van der Waals surface area contributed by atoms with Crippen molar-refractivity contribution in [1.29, 1.82) is 0 Å². The van der Waals surface area contributed by atoms with E-state index < -0.39 is 0 Å². The van der Waals surface area contributed by atoms with Gasteiger partial charge in [-0.15, -0.1) is 0 Å². The zero-order valence-electron chi connectivity index (χ0n) is 11.1. The third-order valence-electron chi connectivity index (χ3n) is 2.48. The van der Waals surface area contributed by atoms with Gasteiger partial charge in [-0.05, 0) is 37.5 Å². The molecule has 0 radical (unpaired) electrons. The molecule has 1 rings (SSSR count). The van der Waals surface area contributed by atoms with Crippen LogP contribution in [0.25, 0.3) is 0 Å². The van der Waals surface area contributed by atoms with E-state index in [1.807, 2.05) is 38.1 Å². The Labute approximate surface area is 104 Å². The summed E-state index contributed by atoms with van der Waals surface area (Å²) in [5.41, 5.74) is 2.17. The molecule has 1 amide bonds. The molecule has 1 atom stereocenters. The number of nitrogens with one attached hydrogen (secondary N) is 2. The van der Waals surface area contributed by atoms with Crippen molar-refractivity contribution in [1.82, 2.24) is 5.32 Å². The summed E-state index contributed by atoms with van der Waals surface area (Å²) in [7, 11) is 0. The van der Waals surface area contributed by atoms with Crippen LogP contribution in [-0.2, 0) is 4.79 Å². The van der Waals surface area contributed by atoms with Crippen molar-refractivity contribution in [2.45, 2.75) is 33.7 Å². The van der Waals surface area contributed by atoms with Gasteiger partial charge >= 0.3 is 0 Å². The highest BCUT2D eigenvalue weighted by Gasteiger charge is 2.12. The summed E-state index contributed by atoms with van der Waals surface area (Å²) >= 11 is 0. The lowest BCUT2D eigenvalue weighted by Crippen LogP contribution is -2.39. The molecule has 3 heteroatoms. The zero-order valence-corrected chi connectivity index (χ0v) is 11.1. The first-order valence-corrected chi connectivity index (χ1v) is 6.10. The van der Waals surface area contributed by atoms with Crippen molar-refractivity contribution in [2.75, 3.05) is 11.9 Å². The van der Waals surface area contributed by atoms with E-state index in [9.17, 15) is 4.79 Å². The maximum atomic E-state index is 11.8.